The van der Waals surface area contributed by atoms with E-state index in [1.807, 2.05) is 12.1 Å². The van der Waals surface area contributed by atoms with Crippen molar-refractivity contribution in [1.29, 1.82) is 0 Å². The van der Waals surface area contributed by atoms with Gasteiger partial charge in [0.15, 0.2) is 0 Å². The van der Waals surface area contributed by atoms with E-state index in [0.29, 0.717) is 5.56 Å². The summed E-state index contributed by atoms with van der Waals surface area (Å²) in [5.41, 5.74) is 2.85. The number of benzene rings is 2. The average molecular weight is 286 g/mol. The lowest BCUT2D eigenvalue weighted by Crippen LogP contribution is -2.03. The van der Waals surface area contributed by atoms with Gasteiger partial charge >= 0.3 is 5.97 Å². The van der Waals surface area contributed by atoms with Gasteiger partial charge in [0.2, 0.25) is 0 Å². The van der Waals surface area contributed by atoms with Crippen LogP contribution in [-0.2, 0) is 19.4 Å². The molecule has 0 bridgehead atoms. The number of carboxylic acid groups (broad SMARTS) is 1. The highest BCUT2D eigenvalue weighted by Crippen LogP contribution is 2.30. The van der Waals surface area contributed by atoms with Crippen molar-refractivity contribution in [1.82, 2.24) is 0 Å². The third kappa shape index (κ3) is 2.75. The molecule has 3 rings (SSSR count). The predicted molar refractivity (Wildman–Crippen MR) is 76.2 cm³/mol. The van der Waals surface area contributed by atoms with Gasteiger partial charge in [-0.25, -0.2) is 9.18 Å². The summed E-state index contributed by atoms with van der Waals surface area (Å²) in [6.07, 6.45) is 3.23. The fourth-order valence-electron chi connectivity index (χ4n) is 2.70. The highest BCUT2D eigenvalue weighted by atomic mass is 19.1. The van der Waals surface area contributed by atoms with Gasteiger partial charge in [0, 0.05) is 0 Å². The monoisotopic (exact) mass is 286 g/mol. The van der Waals surface area contributed by atoms with Gasteiger partial charge in [-0.1, -0.05) is 18.2 Å². The van der Waals surface area contributed by atoms with Crippen LogP contribution in [0.5, 0.6) is 5.75 Å². The first-order valence-electron chi connectivity index (χ1n) is 6.90. The van der Waals surface area contributed by atoms with Crippen molar-refractivity contribution < 1.29 is 19.0 Å². The minimum absolute atomic E-state index is 0.229. The molecule has 0 heterocycles. The lowest BCUT2D eigenvalue weighted by molar-refractivity contribution is 0.0692. The van der Waals surface area contributed by atoms with Gasteiger partial charge in [0.25, 0.3) is 0 Å². The van der Waals surface area contributed by atoms with E-state index in [0.717, 1.165) is 25.0 Å². The molecular formula is C17H15FO3. The Balaban J connectivity index is 1.75. The third-order valence-corrected chi connectivity index (χ3v) is 3.76. The smallest absolute Gasteiger partial charge is 0.338 e. The van der Waals surface area contributed by atoms with Crippen LogP contribution in [0.15, 0.2) is 36.4 Å². The maximum absolute atomic E-state index is 13.6. The van der Waals surface area contributed by atoms with Gasteiger partial charge < -0.3 is 9.84 Å². The van der Waals surface area contributed by atoms with Crippen LogP contribution in [0.4, 0.5) is 4.39 Å². The number of fused-ring (bicyclic) bond motifs is 1. The van der Waals surface area contributed by atoms with Crippen LogP contribution in [0, 0.1) is 5.82 Å². The first-order chi connectivity index (χ1) is 10.1. The molecule has 3 nitrogen and oxygen atoms in total. The molecule has 0 spiro atoms. The number of aromatic carboxylic acids is 1. The van der Waals surface area contributed by atoms with E-state index in [4.69, 9.17) is 9.84 Å². The van der Waals surface area contributed by atoms with Crippen LogP contribution in [0.25, 0.3) is 0 Å². The highest BCUT2D eigenvalue weighted by Gasteiger charge is 2.15. The topological polar surface area (TPSA) is 46.5 Å². The molecular weight excluding hydrogens is 271 g/mol. The Morgan fingerprint density at radius 3 is 2.86 bits per heavy atom. The average Bonchev–Trinajstić information content (AvgIpc) is 2.93. The lowest BCUT2D eigenvalue weighted by atomic mass is 10.1. The number of aryl methyl sites for hydroxylation is 1. The number of halogens is 1. The largest absolute Gasteiger partial charge is 0.489 e. The second-order valence-corrected chi connectivity index (χ2v) is 5.16. The number of hydrogen-bond donors (Lipinski definition) is 1. The molecule has 1 aliphatic carbocycles. The van der Waals surface area contributed by atoms with Gasteiger partial charge in [-0.2, -0.15) is 0 Å². The molecule has 0 radical (unpaired) electrons. The summed E-state index contributed by atoms with van der Waals surface area (Å²) in [6, 6.07) is 10.1. The van der Waals surface area contributed by atoms with E-state index in [1.165, 1.54) is 23.3 Å². The molecule has 0 amide bonds. The van der Waals surface area contributed by atoms with Gasteiger partial charge in [-0.3, -0.25) is 0 Å². The Morgan fingerprint density at radius 1 is 1.24 bits per heavy atom. The molecule has 0 saturated heterocycles. The number of carbonyl (C=O) groups is 1. The fourth-order valence-corrected chi connectivity index (χ4v) is 2.70. The van der Waals surface area contributed by atoms with E-state index in [1.54, 1.807) is 6.07 Å². The molecule has 0 fully saturated rings. The Morgan fingerprint density at radius 2 is 2.10 bits per heavy atom. The highest BCUT2D eigenvalue weighted by molar-refractivity contribution is 5.87. The van der Waals surface area contributed by atoms with Crippen LogP contribution in [-0.4, -0.2) is 11.1 Å². The van der Waals surface area contributed by atoms with Gasteiger partial charge in [0.05, 0.1) is 5.56 Å². The molecule has 2 aromatic rings. The summed E-state index contributed by atoms with van der Waals surface area (Å²) in [5.74, 6) is -1.16. The lowest BCUT2D eigenvalue weighted by Gasteiger charge is -2.11. The zero-order chi connectivity index (χ0) is 14.8. The van der Waals surface area contributed by atoms with Crippen LogP contribution in [0.1, 0.15) is 33.5 Å². The fraction of sp³-hybridized carbons (Fsp3) is 0.235. The Labute approximate surface area is 122 Å². The maximum Gasteiger partial charge on any atom is 0.338 e. The SMILES string of the molecule is O=C(O)c1ccc(COc2cccc3c2CCC3)cc1F. The Kier molecular flexibility index (Phi) is 3.60. The quantitative estimate of drug-likeness (QED) is 0.934. The zero-order valence-electron chi connectivity index (χ0n) is 11.4. The molecule has 0 aliphatic heterocycles. The van der Waals surface area contributed by atoms with Crippen molar-refractivity contribution in [2.75, 3.05) is 0 Å². The van der Waals surface area contributed by atoms with E-state index in [2.05, 4.69) is 6.07 Å². The molecule has 0 unspecified atom stereocenters. The molecule has 4 heteroatoms. The van der Waals surface area contributed by atoms with Crippen molar-refractivity contribution >= 4 is 5.97 Å². The summed E-state index contributed by atoms with van der Waals surface area (Å²) in [5, 5.41) is 8.80. The van der Waals surface area contributed by atoms with Crippen molar-refractivity contribution in [3.63, 3.8) is 0 Å². The van der Waals surface area contributed by atoms with Crippen molar-refractivity contribution in [3.8, 4) is 5.75 Å². The van der Waals surface area contributed by atoms with Crippen LogP contribution < -0.4 is 4.74 Å². The minimum atomic E-state index is -1.26. The Hall–Kier alpha value is -2.36. The maximum atomic E-state index is 13.6. The minimum Gasteiger partial charge on any atom is -0.489 e. The molecule has 108 valence electrons. The third-order valence-electron chi connectivity index (χ3n) is 3.76. The molecule has 0 saturated carbocycles. The summed E-state index contributed by atoms with van der Waals surface area (Å²) >= 11 is 0. The van der Waals surface area contributed by atoms with Crippen molar-refractivity contribution in [2.45, 2.75) is 25.9 Å². The van der Waals surface area contributed by atoms with E-state index in [9.17, 15) is 9.18 Å². The number of hydrogen-bond acceptors (Lipinski definition) is 2. The first kappa shape index (κ1) is 13.6. The van der Waals surface area contributed by atoms with Gasteiger partial charge in [-0.15, -0.1) is 0 Å². The van der Waals surface area contributed by atoms with Crippen molar-refractivity contribution in [3.05, 3.63) is 64.5 Å². The van der Waals surface area contributed by atoms with Crippen LogP contribution in [0.2, 0.25) is 0 Å². The Bertz CT molecular complexity index is 694. The first-order valence-corrected chi connectivity index (χ1v) is 6.90. The van der Waals surface area contributed by atoms with E-state index >= 15 is 0 Å². The number of carboxylic acids is 1. The number of ether oxygens (including phenoxy) is 1. The van der Waals surface area contributed by atoms with E-state index in [-0.39, 0.29) is 12.2 Å². The summed E-state index contributed by atoms with van der Waals surface area (Å²) in [4.78, 5) is 10.8. The van der Waals surface area contributed by atoms with Gasteiger partial charge in [-0.05, 0) is 54.2 Å². The molecule has 1 aliphatic rings. The second kappa shape index (κ2) is 5.56. The second-order valence-electron chi connectivity index (χ2n) is 5.16. The summed E-state index contributed by atoms with van der Waals surface area (Å²) < 4.78 is 19.4. The molecule has 1 N–H and O–H groups in total. The summed E-state index contributed by atoms with van der Waals surface area (Å²) in [6.45, 7) is 0.229. The predicted octanol–water partition coefficient (Wildman–Crippen LogP) is 3.59. The van der Waals surface area contributed by atoms with Crippen LogP contribution >= 0.6 is 0 Å². The molecule has 21 heavy (non-hydrogen) atoms. The van der Waals surface area contributed by atoms with Crippen LogP contribution in [0.3, 0.4) is 0 Å². The number of rotatable bonds is 4. The van der Waals surface area contributed by atoms with Gasteiger partial charge in [0.1, 0.15) is 18.2 Å². The van der Waals surface area contributed by atoms with E-state index < -0.39 is 11.8 Å². The normalized spacial score (nSPS) is 13.0. The standard InChI is InChI=1S/C17H15FO3/c18-15-9-11(7-8-14(15)17(19)20)10-21-16-6-2-4-12-3-1-5-13(12)16/h2,4,6-9H,1,3,5,10H2,(H,19,20). The molecule has 2 aromatic carbocycles. The zero-order valence-corrected chi connectivity index (χ0v) is 11.4. The molecule has 0 atom stereocenters. The molecule has 0 aromatic heterocycles. The van der Waals surface area contributed by atoms with Crippen molar-refractivity contribution in [2.24, 2.45) is 0 Å². The summed E-state index contributed by atoms with van der Waals surface area (Å²) in [7, 11) is 0.